The van der Waals surface area contributed by atoms with Crippen molar-refractivity contribution in [2.45, 2.75) is 25.3 Å². The summed E-state index contributed by atoms with van der Waals surface area (Å²) < 4.78 is 5.25. The Morgan fingerprint density at radius 3 is 2.50 bits per heavy atom. The molecule has 2 aliphatic rings. The molecule has 3 amide bonds. The molecule has 0 radical (unpaired) electrons. The molecular weight excluding hydrogens is 432 g/mol. The maximum Gasteiger partial charge on any atom is 0.290 e. The molecule has 2 aromatic rings. The number of halogens is 1. The minimum atomic E-state index is -0.462. The van der Waals surface area contributed by atoms with Crippen molar-refractivity contribution in [2.75, 3.05) is 44.6 Å². The Kier molecular flexibility index (Phi) is 7.12. The van der Waals surface area contributed by atoms with Crippen LogP contribution in [0.3, 0.4) is 0 Å². The number of para-hydroxylation sites is 1. The average molecular weight is 459 g/mol. The van der Waals surface area contributed by atoms with Crippen LogP contribution in [-0.4, -0.2) is 77.7 Å². The Morgan fingerprint density at radius 2 is 1.78 bits per heavy atom. The number of anilines is 1. The molecular formula is C23H27ClN4O4. The van der Waals surface area contributed by atoms with Crippen LogP contribution in [0.4, 0.5) is 5.69 Å². The number of benzene rings is 1. The first-order valence-electron chi connectivity index (χ1n) is 10.9. The van der Waals surface area contributed by atoms with Gasteiger partial charge in [-0.15, -0.1) is 0 Å². The van der Waals surface area contributed by atoms with Crippen LogP contribution in [0.15, 0.2) is 47.1 Å². The molecule has 1 atom stereocenters. The van der Waals surface area contributed by atoms with Crippen molar-refractivity contribution in [3.63, 3.8) is 0 Å². The van der Waals surface area contributed by atoms with Crippen LogP contribution >= 0.6 is 11.6 Å². The lowest BCUT2D eigenvalue weighted by Gasteiger charge is -2.40. The van der Waals surface area contributed by atoms with E-state index in [0.29, 0.717) is 49.9 Å². The lowest BCUT2D eigenvalue weighted by atomic mass is 10.00. The Bertz CT molecular complexity index is 957. The number of piperazine rings is 1. The molecule has 0 saturated carbocycles. The van der Waals surface area contributed by atoms with E-state index in [-0.39, 0.29) is 30.0 Å². The third-order valence-electron chi connectivity index (χ3n) is 5.98. The second kappa shape index (κ2) is 10.2. The van der Waals surface area contributed by atoms with E-state index < -0.39 is 6.04 Å². The highest BCUT2D eigenvalue weighted by atomic mass is 35.5. The van der Waals surface area contributed by atoms with Crippen molar-refractivity contribution in [3.05, 3.63) is 53.4 Å². The SMILES string of the molecule is O=C(CN1CCN(C(=O)C2CCCCN2C(=O)c2ccco2)CC1)Nc1ccccc1Cl. The van der Waals surface area contributed by atoms with Crippen LogP contribution in [0.25, 0.3) is 0 Å². The molecule has 0 bridgehead atoms. The summed E-state index contributed by atoms with van der Waals surface area (Å²) in [5.41, 5.74) is 0.589. The van der Waals surface area contributed by atoms with E-state index >= 15 is 0 Å². The van der Waals surface area contributed by atoms with E-state index in [4.69, 9.17) is 16.0 Å². The predicted molar refractivity (Wildman–Crippen MR) is 120 cm³/mol. The van der Waals surface area contributed by atoms with E-state index in [1.807, 2.05) is 17.0 Å². The Balaban J connectivity index is 1.30. The topological polar surface area (TPSA) is 86.1 Å². The van der Waals surface area contributed by atoms with Crippen molar-refractivity contribution < 1.29 is 18.8 Å². The molecule has 9 heteroatoms. The third kappa shape index (κ3) is 5.14. The van der Waals surface area contributed by atoms with E-state index in [0.717, 1.165) is 12.8 Å². The molecule has 4 rings (SSSR count). The van der Waals surface area contributed by atoms with Crippen molar-refractivity contribution >= 4 is 35.0 Å². The van der Waals surface area contributed by atoms with Crippen molar-refractivity contribution in [1.29, 1.82) is 0 Å². The number of piperidine rings is 1. The number of nitrogens with one attached hydrogen (secondary N) is 1. The van der Waals surface area contributed by atoms with Crippen LogP contribution in [0.1, 0.15) is 29.8 Å². The zero-order chi connectivity index (χ0) is 22.5. The molecule has 32 heavy (non-hydrogen) atoms. The smallest absolute Gasteiger partial charge is 0.290 e. The van der Waals surface area contributed by atoms with Gasteiger partial charge in [0, 0.05) is 32.7 Å². The zero-order valence-corrected chi connectivity index (χ0v) is 18.6. The molecule has 2 saturated heterocycles. The summed E-state index contributed by atoms with van der Waals surface area (Å²) in [4.78, 5) is 43.9. The summed E-state index contributed by atoms with van der Waals surface area (Å²) in [5, 5.41) is 3.33. The number of hydrogen-bond donors (Lipinski definition) is 1. The van der Waals surface area contributed by atoms with Crippen LogP contribution in [0, 0.1) is 0 Å². The first kappa shape index (κ1) is 22.4. The van der Waals surface area contributed by atoms with E-state index in [1.165, 1.54) is 6.26 Å². The van der Waals surface area contributed by atoms with Crippen LogP contribution in [-0.2, 0) is 9.59 Å². The number of rotatable bonds is 5. The molecule has 1 unspecified atom stereocenters. The highest BCUT2D eigenvalue weighted by Crippen LogP contribution is 2.23. The maximum atomic E-state index is 13.2. The van der Waals surface area contributed by atoms with Gasteiger partial charge in [0.1, 0.15) is 6.04 Å². The van der Waals surface area contributed by atoms with Gasteiger partial charge in [0.2, 0.25) is 11.8 Å². The predicted octanol–water partition coefficient (Wildman–Crippen LogP) is 2.71. The highest BCUT2D eigenvalue weighted by Gasteiger charge is 2.37. The van der Waals surface area contributed by atoms with Gasteiger partial charge in [0.05, 0.1) is 23.5 Å². The van der Waals surface area contributed by atoms with Gasteiger partial charge in [0.15, 0.2) is 5.76 Å². The quantitative estimate of drug-likeness (QED) is 0.744. The highest BCUT2D eigenvalue weighted by molar-refractivity contribution is 6.33. The standard InChI is InChI=1S/C23H27ClN4O4/c24-17-6-1-2-7-18(17)25-21(29)16-26-11-13-27(14-12-26)22(30)19-8-3-4-10-28(19)23(31)20-9-5-15-32-20/h1-2,5-7,9,15,19H,3-4,8,10-14,16H2,(H,25,29). The van der Waals surface area contributed by atoms with E-state index in [1.54, 1.807) is 34.1 Å². The average Bonchev–Trinajstić information content (AvgIpc) is 3.35. The first-order valence-corrected chi connectivity index (χ1v) is 11.3. The lowest BCUT2D eigenvalue weighted by Crippen LogP contribution is -2.57. The first-order chi connectivity index (χ1) is 15.5. The number of carbonyl (C=O) groups excluding carboxylic acids is 3. The number of amides is 3. The molecule has 2 aliphatic heterocycles. The van der Waals surface area contributed by atoms with Crippen molar-refractivity contribution in [1.82, 2.24) is 14.7 Å². The molecule has 1 aromatic carbocycles. The van der Waals surface area contributed by atoms with Gasteiger partial charge in [-0.05, 0) is 43.5 Å². The maximum absolute atomic E-state index is 13.2. The van der Waals surface area contributed by atoms with Crippen molar-refractivity contribution in [3.8, 4) is 0 Å². The number of carbonyl (C=O) groups is 3. The molecule has 3 heterocycles. The fourth-order valence-corrected chi connectivity index (χ4v) is 4.45. The molecule has 0 spiro atoms. The second-order valence-electron chi connectivity index (χ2n) is 8.12. The van der Waals surface area contributed by atoms with Gasteiger partial charge >= 0.3 is 0 Å². The fourth-order valence-electron chi connectivity index (χ4n) is 4.27. The van der Waals surface area contributed by atoms with E-state index in [9.17, 15) is 14.4 Å². The number of nitrogens with zero attached hydrogens (tertiary/aromatic N) is 3. The minimum Gasteiger partial charge on any atom is -0.459 e. The normalized spacial score (nSPS) is 19.6. The third-order valence-corrected chi connectivity index (χ3v) is 6.31. The van der Waals surface area contributed by atoms with E-state index in [2.05, 4.69) is 5.32 Å². The number of hydrogen-bond acceptors (Lipinski definition) is 5. The van der Waals surface area contributed by atoms with Gasteiger partial charge < -0.3 is 19.5 Å². The van der Waals surface area contributed by atoms with Crippen molar-refractivity contribution in [2.24, 2.45) is 0 Å². The molecule has 8 nitrogen and oxygen atoms in total. The number of likely N-dealkylation sites (tertiary alicyclic amines) is 1. The minimum absolute atomic E-state index is 0.0234. The molecule has 0 aliphatic carbocycles. The molecule has 1 N–H and O–H groups in total. The number of furan rings is 1. The van der Waals surface area contributed by atoms with Gasteiger partial charge in [-0.3, -0.25) is 19.3 Å². The van der Waals surface area contributed by atoms with Crippen LogP contribution in [0.2, 0.25) is 5.02 Å². The Labute approximate surface area is 192 Å². The van der Waals surface area contributed by atoms with Gasteiger partial charge in [-0.25, -0.2) is 0 Å². The van der Waals surface area contributed by atoms with Crippen LogP contribution < -0.4 is 5.32 Å². The molecule has 170 valence electrons. The van der Waals surface area contributed by atoms with Gasteiger partial charge in [0.25, 0.3) is 5.91 Å². The van der Waals surface area contributed by atoms with Gasteiger partial charge in [-0.1, -0.05) is 23.7 Å². The monoisotopic (exact) mass is 458 g/mol. The summed E-state index contributed by atoms with van der Waals surface area (Å²) in [6.45, 7) is 3.04. The Hall–Kier alpha value is -2.84. The Morgan fingerprint density at radius 1 is 1.00 bits per heavy atom. The molecule has 1 aromatic heterocycles. The molecule has 2 fully saturated rings. The zero-order valence-electron chi connectivity index (χ0n) is 17.8. The second-order valence-corrected chi connectivity index (χ2v) is 8.52. The largest absolute Gasteiger partial charge is 0.459 e. The lowest BCUT2D eigenvalue weighted by molar-refractivity contribution is -0.139. The summed E-state index contributed by atoms with van der Waals surface area (Å²) >= 11 is 6.10. The summed E-state index contributed by atoms with van der Waals surface area (Å²) in [5.74, 6) is -0.132. The van der Waals surface area contributed by atoms with Gasteiger partial charge in [-0.2, -0.15) is 0 Å². The summed E-state index contributed by atoms with van der Waals surface area (Å²) in [6.07, 6.45) is 3.92. The fraction of sp³-hybridized carbons (Fsp3) is 0.435. The summed E-state index contributed by atoms with van der Waals surface area (Å²) in [6, 6.07) is 9.96. The van der Waals surface area contributed by atoms with Crippen LogP contribution in [0.5, 0.6) is 0 Å². The summed E-state index contributed by atoms with van der Waals surface area (Å²) in [7, 11) is 0.